The zero-order valence-electron chi connectivity index (χ0n) is 16.4. The minimum Gasteiger partial charge on any atom is -0.494 e. The standard InChI is InChI=1S/C23H32N2O2/c1-2-3-4-5-9-17-27-22-14-10-13-21(18-22)25-23(26)19-24-16-15-20-11-7-6-8-12-20/h6-8,10-14,18,24H,2-5,9,15-17,19H2,1H3,(H,25,26). The third-order valence-electron chi connectivity index (χ3n) is 4.35. The third-order valence-corrected chi connectivity index (χ3v) is 4.35. The lowest BCUT2D eigenvalue weighted by atomic mass is 10.1. The van der Waals surface area contributed by atoms with Crippen LogP contribution in [-0.4, -0.2) is 25.6 Å². The molecule has 0 radical (unpaired) electrons. The summed E-state index contributed by atoms with van der Waals surface area (Å²) in [7, 11) is 0. The predicted molar refractivity (Wildman–Crippen MR) is 112 cm³/mol. The highest BCUT2D eigenvalue weighted by Gasteiger charge is 2.03. The fourth-order valence-electron chi connectivity index (χ4n) is 2.84. The summed E-state index contributed by atoms with van der Waals surface area (Å²) in [5, 5.41) is 6.10. The number of hydrogen-bond acceptors (Lipinski definition) is 3. The largest absolute Gasteiger partial charge is 0.494 e. The Kier molecular flexibility index (Phi) is 10.0. The Balaban J connectivity index is 1.63. The van der Waals surface area contributed by atoms with Gasteiger partial charge in [0, 0.05) is 11.8 Å². The van der Waals surface area contributed by atoms with E-state index in [2.05, 4.69) is 29.7 Å². The normalized spacial score (nSPS) is 10.6. The molecule has 0 fully saturated rings. The first kappa shape index (κ1) is 21.0. The van der Waals surface area contributed by atoms with Gasteiger partial charge in [0.05, 0.1) is 13.2 Å². The zero-order chi connectivity index (χ0) is 19.2. The Bertz CT molecular complexity index is 658. The number of nitrogens with one attached hydrogen (secondary N) is 2. The number of hydrogen-bond donors (Lipinski definition) is 2. The van der Waals surface area contributed by atoms with Crippen LogP contribution in [0.25, 0.3) is 0 Å². The first-order valence-corrected chi connectivity index (χ1v) is 10.1. The topological polar surface area (TPSA) is 50.4 Å². The zero-order valence-corrected chi connectivity index (χ0v) is 16.4. The SMILES string of the molecule is CCCCCCCOc1cccc(NC(=O)CNCCc2ccccc2)c1. The van der Waals surface area contributed by atoms with Crippen LogP contribution in [0.5, 0.6) is 5.75 Å². The lowest BCUT2D eigenvalue weighted by Gasteiger charge is -2.10. The molecule has 0 aromatic heterocycles. The van der Waals surface area contributed by atoms with Gasteiger partial charge in [0.2, 0.25) is 5.91 Å². The first-order valence-electron chi connectivity index (χ1n) is 10.1. The highest BCUT2D eigenvalue weighted by Crippen LogP contribution is 2.17. The maximum absolute atomic E-state index is 12.1. The number of anilines is 1. The Hall–Kier alpha value is -2.33. The Morgan fingerprint density at radius 3 is 2.59 bits per heavy atom. The number of carbonyl (C=O) groups excluding carboxylic acids is 1. The molecule has 4 heteroatoms. The quantitative estimate of drug-likeness (QED) is 0.499. The van der Waals surface area contributed by atoms with Gasteiger partial charge in [-0.2, -0.15) is 0 Å². The van der Waals surface area contributed by atoms with Crippen LogP contribution in [0.4, 0.5) is 5.69 Å². The van der Waals surface area contributed by atoms with Gasteiger partial charge < -0.3 is 15.4 Å². The van der Waals surface area contributed by atoms with Gasteiger partial charge in [-0.15, -0.1) is 0 Å². The molecular weight excluding hydrogens is 336 g/mol. The van der Waals surface area contributed by atoms with E-state index in [1.807, 2.05) is 42.5 Å². The fraction of sp³-hybridized carbons (Fsp3) is 0.435. The fourth-order valence-corrected chi connectivity index (χ4v) is 2.84. The second-order valence-electron chi connectivity index (χ2n) is 6.75. The van der Waals surface area contributed by atoms with Gasteiger partial charge in [-0.05, 0) is 37.1 Å². The average molecular weight is 369 g/mol. The van der Waals surface area contributed by atoms with Crippen LogP contribution in [0.15, 0.2) is 54.6 Å². The number of rotatable bonds is 13. The lowest BCUT2D eigenvalue weighted by molar-refractivity contribution is -0.115. The molecule has 0 atom stereocenters. The molecule has 0 heterocycles. The van der Waals surface area contributed by atoms with Crippen LogP contribution in [0.2, 0.25) is 0 Å². The number of amides is 1. The summed E-state index contributed by atoms with van der Waals surface area (Å²) in [6.07, 6.45) is 7.01. The van der Waals surface area contributed by atoms with Gasteiger partial charge in [0.25, 0.3) is 0 Å². The summed E-state index contributed by atoms with van der Waals surface area (Å²) in [4.78, 5) is 12.1. The highest BCUT2D eigenvalue weighted by molar-refractivity contribution is 5.92. The second kappa shape index (κ2) is 12.9. The van der Waals surface area contributed by atoms with Crippen molar-refractivity contribution in [2.24, 2.45) is 0 Å². The third kappa shape index (κ3) is 9.25. The molecule has 0 spiro atoms. The molecule has 0 aliphatic carbocycles. The van der Waals surface area contributed by atoms with Crippen molar-refractivity contribution in [3.63, 3.8) is 0 Å². The first-order chi connectivity index (χ1) is 13.3. The van der Waals surface area contributed by atoms with Crippen LogP contribution in [-0.2, 0) is 11.2 Å². The van der Waals surface area contributed by atoms with Crippen LogP contribution >= 0.6 is 0 Å². The van der Waals surface area contributed by atoms with Crippen molar-refractivity contribution >= 4 is 11.6 Å². The van der Waals surface area contributed by atoms with Crippen LogP contribution in [0.3, 0.4) is 0 Å². The van der Waals surface area contributed by atoms with E-state index in [0.29, 0.717) is 6.54 Å². The van der Waals surface area contributed by atoms with E-state index in [4.69, 9.17) is 4.74 Å². The van der Waals surface area contributed by atoms with Crippen molar-refractivity contribution < 1.29 is 9.53 Å². The minimum atomic E-state index is -0.0419. The van der Waals surface area contributed by atoms with Crippen molar-refractivity contribution in [1.29, 1.82) is 0 Å². The van der Waals surface area contributed by atoms with Crippen LogP contribution in [0.1, 0.15) is 44.6 Å². The maximum atomic E-state index is 12.1. The maximum Gasteiger partial charge on any atom is 0.238 e. The van der Waals surface area contributed by atoms with Gasteiger partial charge in [0.15, 0.2) is 0 Å². The lowest BCUT2D eigenvalue weighted by Crippen LogP contribution is -2.29. The van der Waals surface area contributed by atoms with E-state index in [1.165, 1.54) is 31.2 Å². The number of benzene rings is 2. The Labute approximate surface area is 163 Å². The van der Waals surface area contributed by atoms with Crippen molar-refractivity contribution in [1.82, 2.24) is 5.32 Å². The van der Waals surface area contributed by atoms with Gasteiger partial charge in [-0.3, -0.25) is 4.79 Å². The summed E-state index contributed by atoms with van der Waals surface area (Å²) in [5.74, 6) is 0.764. The molecule has 4 nitrogen and oxygen atoms in total. The molecule has 2 aromatic carbocycles. The van der Waals surface area contributed by atoms with Crippen molar-refractivity contribution in [3.05, 3.63) is 60.2 Å². The van der Waals surface area contributed by atoms with Crippen molar-refractivity contribution in [2.45, 2.75) is 45.4 Å². The van der Waals surface area contributed by atoms with E-state index in [0.717, 1.165) is 37.4 Å². The van der Waals surface area contributed by atoms with E-state index in [9.17, 15) is 4.79 Å². The van der Waals surface area contributed by atoms with Gasteiger partial charge in [0.1, 0.15) is 5.75 Å². The molecule has 2 rings (SSSR count). The smallest absolute Gasteiger partial charge is 0.238 e. The van der Waals surface area contributed by atoms with Gasteiger partial charge in [-0.25, -0.2) is 0 Å². The highest BCUT2D eigenvalue weighted by atomic mass is 16.5. The second-order valence-corrected chi connectivity index (χ2v) is 6.75. The van der Waals surface area contributed by atoms with E-state index >= 15 is 0 Å². The monoisotopic (exact) mass is 368 g/mol. The number of unbranched alkanes of at least 4 members (excludes halogenated alkanes) is 4. The molecule has 0 aliphatic heterocycles. The van der Waals surface area contributed by atoms with Gasteiger partial charge in [-0.1, -0.05) is 69.0 Å². The molecule has 146 valence electrons. The molecule has 27 heavy (non-hydrogen) atoms. The molecule has 2 N–H and O–H groups in total. The molecule has 1 amide bonds. The molecule has 0 aliphatic rings. The summed E-state index contributed by atoms with van der Waals surface area (Å²) >= 11 is 0. The molecule has 0 unspecified atom stereocenters. The molecule has 2 aromatic rings. The van der Waals surface area contributed by atoms with E-state index in [1.54, 1.807) is 0 Å². The van der Waals surface area contributed by atoms with Gasteiger partial charge >= 0.3 is 0 Å². The van der Waals surface area contributed by atoms with Crippen LogP contribution < -0.4 is 15.4 Å². The molecule has 0 saturated heterocycles. The Morgan fingerprint density at radius 1 is 0.963 bits per heavy atom. The van der Waals surface area contributed by atoms with Crippen molar-refractivity contribution in [2.75, 3.05) is 25.0 Å². The predicted octanol–water partition coefficient (Wildman–Crippen LogP) is 4.81. The molecule has 0 saturated carbocycles. The average Bonchev–Trinajstić information content (AvgIpc) is 2.69. The van der Waals surface area contributed by atoms with Crippen molar-refractivity contribution in [3.8, 4) is 5.75 Å². The summed E-state index contributed by atoms with van der Waals surface area (Å²) in [5.41, 5.74) is 2.04. The summed E-state index contributed by atoms with van der Waals surface area (Å²) in [6, 6.07) is 17.9. The Morgan fingerprint density at radius 2 is 1.78 bits per heavy atom. The molecular formula is C23H32N2O2. The minimum absolute atomic E-state index is 0.0419. The molecule has 0 bridgehead atoms. The van der Waals surface area contributed by atoms with E-state index in [-0.39, 0.29) is 5.91 Å². The van der Waals surface area contributed by atoms with E-state index < -0.39 is 0 Å². The summed E-state index contributed by atoms with van der Waals surface area (Å²) < 4.78 is 5.79. The number of ether oxygens (including phenoxy) is 1. The number of carbonyl (C=O) groups is 1. The summed E-state index contributed by atoms with van der Waals surface area (Å²) in [6.45, 7) is 4.02. The van der Waals surface area contributed by atoms with Crippen LogP contribution in [0, 0.1) is 0 Å².